The highest BCUT2D eigenvalue weighted by atomic mass is 16.5. The number of nitrogens with one attached hydrogen (secondary N) is 2. The maximum Gasteiger partial charge on any atom is 0.224 e. The van der Waals surface area contributed by atoms with E-state index in [0.29, 0.717) is 23.4 Å². The molecule has 1 heterocycles. The first-order chi connectivity index (χ1) is 16.9. The van der Waals surface area contributed by atoms with Crippen LogP contribution < -0.4 is 15.0 Å². The molecule has 0 bridgehead atoms. The van der Waals surface area contributed by atoms with Crippen molar-refractivity contribution in [2.75, 3.05) is 32.6 Å². The van der Waals surface area contributed by atoms with E-state index in [4.69, 9.17) is 4.74 Å². The number of hydrogen-bond acceptors (Lipinski definition) is 4. The van der Waals surface area contributed by atoms with Crippen molar-refractivity contribution in [1.82, 2.24) is 10.3 Å². The van der Waals surface area contributed by atoms with E-state index in [2.05, 4.69) is 51.6 Å². The first-order valence-corrected chi connectivity index (χ1v) is 11.6. The molecule has 0 aliphatic heterocycles. The molecule has 1 atom stereocenters. The number of nitrogens with zero attached hydrogens (tertiary/aromatic N) is 1. The second kappa shape index (κ2) is 10.5. The summed E-state index contributed by atoms with van der Waals surface area (Å²) in [5, 5.41) is 4.25. The van der Waals surface area contributed by atoms with Crippen molar-refractivity contribution >= 4 is 28.3 Å². The van der Waals surface area contributed by atoms with Gasteiger partial charge in [0, 0.05) is 60.5 Å². The molecule has 0 aliphatic carbocycles. The molecule has 0 radical (unpaired) electrons. The molecule has 1 amide bonds. The number of amides is 1. The molecule has 0 unspecified atom stereocenters. The van der Waals surface area contributed by atoms with Gasteiger partial charge in [-0.2, -0.15) is 0 Å². The lowest BCUT2D eigenvalue weighted by Gasteiger charge is -2.20. The molecule has 2 N–H and O–H groups in total. The number of fused-ring (bicyclic) bond motifs is 1. The maximum atomic E-state index is 13.0. The minimum absolute atomic E-state index is 0.0308. The maximum absolute atomic E-state index is 13.0. The SMILES string of the molecule is COc1ccc(C(C)=O)cc1CC(=O)NC[C@H](c1ccc(N(C)C)cc1)c1c[nH]c2ccccc12. The summed E-state index contributed by atoms with van der Waals surface area (Å²) < 4.78 is 5.41. The van der Waals surface area contributed by atoms with E-state index in [1.54, 1.807) is 25.3 Å². The average Bonchev–Trinajstić information content (AvgIpc) is 3.28. The number of methoxy groups -OCH3 is 1. The number of para-hydroxylation sites is 1. The van der Waals surface area contributed by atoms with Crippen LogP contribution in [-0.2, 0) is 11.2 Å². The van der Waals surface area contributed by atoms with Crippen LogP contribution >= 0.6 is 0 Å². The van der Waals surface area contributed by atoms with Crippen LogP contribution in [0.25, 0.3) is 10.9 Å². The second-order valence-corrected chi connectivity index (χ2v) is 8.89. The van der Waals surface area contributed by atoms with Crippen LogP contribution in [0.2, 0.25) is 0 Å². The monoisotopic (exact) mass is 469 g/mol. The van der Waals surface area contributed by atoms with E-state index < -0.39 is 0 Å². The Hall–Kier alpha value is -4.06. The third-order valence-corrected chi connectivity index (χ3v) is 6.35. The standard InChI is InChI=1S/C29H31N3O3/c1-19(33)21-11-14-28(35-4)22(15-21)16-29(34)31-17-25(20-9-12-23(13-10-20)32(2)3)26-18-30-27-8-6-5-7-24(26)27/h5-15,18,25,30H,16-17H2,1-4H3,(H,31,34)/t25-/m1/s1. The minimum atomic E-state index is -0.126. The number of aromatic nitrogens is 1. The third kappa shape index (κ3) is 5.38. The molecular formula is C29H31N3O3. The van der Waals surface area contributed by atoms with Crippen LogP contribution in [0, 0.1) is 0 Å². The third-order valence-electron chi connectivity index (χ3n) is 6.35. The summed E-state index contributed by atoms with van der Waals surface area (Å²) in [5.41, 5.74) is 5.69. The lowest BCUT2D eigenvalue weighted by molar-refractivity contribution is -0.120. The van der Waals surface area contributed by atoms with E-state index in [-0.39, 0.29) is 24.0 Å². The quantitative estimate of drug-likeness (QED) is 0.341. The molecule has 1 aromatic heterocycles. The molecule has 0 fully saturated rings. The Morgan fingerprint density at radius 2 is 1.77 bits per heavy atom. The molecule has 0 saturated carbocycles. The van der Waals surface area contributed by atoms with Gasteiger partial charge in [0.2, 0.25) is 5.91 Å². The molecule has 180 valence electrons. The first-order valence-electron chi connectivity index (χ1n) is 11.6. The molecule has 0 aliphatic rings. The molecular weight excluding hydrogens is 438 g/mol. The zero-order valence-electron chi connectivity index (χ0n) is 20.6. The zero-order valence-corrected chi connectivity index (χ0v) is 20.6. The second-order valence-electron chi connectivity index (χ2n) is 8.89. The first kappa shape index (κ1) is 24.1. The van der Waals surface area contributed by atoms with Crippen molar-refractivity contribution in [2.24, 2.45) is 0 Å². The van der Waals surface area contributed by atoms with Gasteiger partial charge in [0.05, 0.1) is 13.5 Å². The van der Waals surface area contributed by atoms with Gasteiger partial charge in [-0.05, 0) is 54.4 Å². The predicted octanol–water partition coefficient (Wildman–Crippen LogP) is 4.94. The Balaban J connectivity index is 1.59. The van der Waals surface area contributed by atoms with Crippen LogP contribution in [0.4, 0.5) is 5.69 Å². The number of carbonyl (C=O) groups is 2. The predicted molar refractivity (Wildman–Crippen MR) is 141 cm³/mol. The number of aromatic amines is 1. The summed E-state index contributed by atoms with van der Waals surface area (Å²) in [5.74, 6) is 0.392. The number of ether oxygens (including phenoxy) is 1. The van der Waals surface area contributed by atoms with Gasteiger partial charge in [-0.3, -0.25) is 9.59 Å². The fourth-order valence-electron chi connectivity index (χ4n) is 4.38. The molecule has 6 heteroatoms. The number of ketones is 1. The van der Waals surface area contributed by atoms with Crippen molar-refractivity contribution < 1.29 is 14.3 Å². The molecule has 3 aromatic carbocycles. The average molecular weight is 470 g/mol. The number of benzene rings is 3. The van der Waals surface area contributed by atoms with E-state index in [1.807, 2.05) is 32.4 Å². The van der Waals surface area contributed by atoms with Crippen LogP contribution in [0.3, 0.4) is 0 Å². The van der Waals surface area contributed by atoms with Gasteiger partial charge in [-0.1, -0.05) is 30.3 Å². The molecule has 0 saturated heterocycles. The van der Waals surface area contributed by atoms with Crippen LogP contribution in [0.1, 0.15) is 39.9 Å². The highest BCUT2D eigenvalue weighted by Crippen LogP contribution is 2.31. The van der Waals surface area contributed by atoms with Crippen molar-refractivity contribution in [3.63, 3.8) is 0 Å². The lowest BCUT2D eigenvalue weighted by atomic mass is 9.90. The Kier molecular flexibility index (Phi) is 7.20. The number of anilines is 1. The van der Waals surface area contributed by atoms with Crippen molar-refractivity contribution in [2.45, 2.75) is 19.3 Å². The van der Waals surface area contributed by atoms with Crippen LogP contribution in [0.15, 0.2) is 72.9 Å². The molecule has 6 nitrogen and oxygen atoms in total. The van der Waals surface area contributed by atoms with Gasteiger partial charge in [-0.25, -0.2) is 0 Å². The fourth-order valence-corrected chi connectivity index (χ4v) is 4.38. The van der Waals surface area contributed by atoms with Crippen LogP contribution in [0.5, 0.6) is 5.75 Å². The summed E-state index contributed by atoms with van der Waals surface area (Å²) in [7, 11) is 5.60. The highest BCUT2D eigenvalue weighted by Gasteiger charge is 2.20. The van der Waals surface area contributed by atoms with E-state index in [9.17, 15) is 9.59 Å². The van der Waals surface area contributed by atoms with Gasteiger partial charge in [-0.15, -0.1) is 0 Å². The smallest absolute Gasteiger partial charge is 0.224 e. The topological polar surface area (TPSA) is 74.4 Å². The largest absolute Gasteiger partial charge is 0.496 e. The number of rotatable bonds is 9. The number of carbonyl (C=O) groups excluding carboxylic acids is 2. The number of Topliss-reactive ketones (excluding diaryl/α,β-unsaturated/α-hetero) is 1. The normalized spacial score (nSPS) is 11.8. The van der Waals surface area contributed by atoms with Gasteiger partial charge < -0.3 is 19.9 Å². The fraction of sp³-hybridized carbons (Fsp3) is 0.241. The van der Waals surface area contributed by atoms with E-state index in [1.165, 1.54) is 6.92 Å². The molecule has 4 aromatic rings. The lowest BCUT2D eigenvalue weighted by Crippen LogP contribution is -2.30. The molecule has 35 heavy (non-hydrogen) atoms. The summed E-state index contributed by atoms with van der Waals surface area (Å²) in [6.07, 6.45) is 2.16. The Labute approximate surface area is 205 Å². The molecule has 4 rings (SSSR count). The summed E-state index contributed by atoms with van der Waals surface area (Å²) in [6, 6.07) is 21.8. The number of hydrogen-bond donors (Lipinski definition) is 2. The Morgan fingerprint density at radius 3 is 2.46 bits per heavy atom. The van der Waals surface area contributed by atoms with E-state index >= 15 is 0 Å². The van der Waals surface area contributed by atoms with Crippen molar-refractivity contribution in [3.8, 4) is 5.75 Å². The summed E-state index contributed by atoms with van der Waals surface area (Å²) in [4.78, 5) is 30.2. The Bertz CT molecular complexity index is 1340. The van der Waals surface area contributed by atoms with Crippen LogP contribution in [-0.4, -0.2) is 44.4 Å². The van der Waals surface area contributed by atoms with Gasteiger partial charge in [0.25, 0.3) is 0 Å². The van der Waals surface area contributed by atoms with E-state index in [0.717, 1.165) is 27.7 Å². The van der Waals surface area contributed by atoms with Crippen molar-refractivity contribution in [1.29, 1.82) is 0 Å². The zero-order chi connectivity index (χ0) is 24.9. The van der Waals surface area contributed by atoms with Gasteiger partial charge in [0.15, 0.2) is 5.78 Å². The highest BCUT2D eigenvalue weighted by molar-refractivity contribution is 5.94. The van der Waals surface area contributed by atoms with Gasteiger partial charge >= 0.3 is 0 Å². The van der Waals surface area contributed by atoms with Gasteiger partial charge in [0.1, 0.15) is 5.75 Å². The van der Waals surface area contributed by atoms with Crippen molar-refractivity contribution in [3.05, 3.63) is 95.2 Å². The minimum Gasteiger partial charge on any atom is -0.496 e. The number of H-pyrrole nitrogens is 1. The summed E-state index contributed by atoms with van der Waals surface area (Å²) in [6.45, 7) is 1.95. The summed E-state index contributed by atoms with van der Waals surface area (Å²) >= 11 is 0. The Morgan fingerprint density at radius 1 is 1.03 bits per heavy atom. The molecule has 0 spiro atoms.